The van der Waals surface area contributed by atoms with Crippen molar-refractivity contribution in [2.75, 3.05) is 14.2 Å². The van der Waals surface area contributed by atoms with Gasteiger partial charge in [0.2, 0.25) is 0 Å². The van der Waals surface area contributed by atoms with E-state index in [1.54, 1.807) is 14.2 Å². The van der Waals surface area contributed by atoms with Crippen LogP contribution in [-0.4, -0.2) is 14.2 Å². The summed E-state index contributed by atoms with van der Waals surface area (Å²) in [5, 5.41) is 18.5. The highest BCUT2D eigenvalue weighted by Gasteiger charge is 2.09. The predicted octanol–water partition coefficient (Wildman–Crippen LogP) is 7.01. The van der Waals surface area contributed by atoms with Gasteiger partial charge in [-0.05, 0) is 81.9 Å². The lowest BCUT2D eigenvalue weighted by molar-refractivity contribution is 0.414. The molecule has 0 fully saturated rings. The van der Waals surface area contributed by atoms with E-state index in [1.165, 1.54) is 0 Å². The summed E-state index contributed by atoms with van der Waals surface area (Å²) < 4.78 is 10.7. The van der Waals surface area contributed by atoms with Crippen molar-refractivity contribution in [2.24, 2.45) is 0 Å². The third-order valence-corrected chi connectivity index (χ3v) is 5.87. The summed E-state index contributed by atoms with van der Waals surface area (Å²) >= 11 is 0. The Morgan fingerprint density at radius 3 is 1.03 bits per heavy atom. The Bertz CT molecular complexity index is 1350. The van der Waals surface area contributed by atoms with Crippen LogP contribution in [0.15, 0.2) is 109 Å². The van der Waals surface area contributed by atoms with E-state index in [0.717, 1.165) is 44.9 Å². The molecular formula is C32H24N2O2. The molecule has 0 amide bonds. The van der Waals surface area contributed by atoms with E-state index in [4.69, 9.17) is 9.47 Å². The molecule has 4 aromatic carbocycles. The normalized spacial score (nSPS) is 11.3. The van der Waals surface area contributed by atoms with Crippen molar-refractivity contribution in [1.29, 1.82) is 10.5 Å². The van der Waals surface area contributed by atoms with Crippen LogP contribution in [0.5, 0.6) is 11.5 Å². The SMILES string of the molecule is COc1ccc(/C(=C\C=C(\c2ccc(C#N)cc2)c2ccc(OC)cc2)c2ccc(C#N)cc2)cc1. The maximum Gasteiger partial charge on any atom is 0.118 e. The molecule has 0 unspecified atom stereocenters. The van der Waals surface area contributed by atoms with Gasteiger partial charge in [-0.2, -0.15) is 10.5 Å². The van der Waals surface area contributed by atoms with Crippen LogP contribution < -0.4 is 9.47 Å². The Morgan fingerprint density at radius 2 is 0.778 bits per heavy atom. The highest BCUT2D eigenvalue weighted by Crippen LogP contribution is 2.30. The van der Waals surface area contributed by atoms with Crippen LogP contribution in [0, 0.1) is 22.7 Å². The maximum atomic E-state index is 9.23. The molecule has 0 aliphatic heterocycles. The number of rotatable bonds is 7. The summed E-state index contributed by atoms with van der Waals surface area (Å²) in [7, 11) is 3.29. The number of nitrogens with zero attached hydrogens (tertiary/aromatic N) is 2. The molecule has 0 saturated carbocycles. The minimum Gasteiger partial charge on any atom is -0.497 e. The van der Waals surface area contributed by atoms with Crippen molar-refractivity contribution in [3.05, 3.63) is 143 Å². The molecule has 4 nitrogen and oxygen atoms in total. The molecule has 0 saturated heterocycles. The number of hydrogen-bond acceptors (Lipinski definition) is 4. The number of nitriles is 2. The monoisotopic (exact) mass is 468 g/mol. The quantitative estimate of drug-likeness (QED) is 0.274. The van der Waals surface area contributed by atoms with Crippen molar-refractivity contribution in [3.63, 3.8) is 0 Å². The zero-order valence-corrected chi connectivity index (χ0v) is 20.1. The molecule has 0 aliphatic rings. The van der Waals surface area contributed by atoms with Gasteiger partial charge in [-0.1, -0.05) is 60.7 Å². The molecule has 4 rings (SSSR count). The third-order valence-electron chi connectivity index (χ3n) is 5.87. The van der Waals surface area contributed by atoms with Crippen molar-refractivity contribution in [3.8, 4) is 23.6 Å². The van der Waals surface area contributed by atoms with Crippen LogP contribution >= 0.6 is 0 Å². The van der Waals surface area contributed by atoms with Gasteiger partial charge >= 0.3 is 0 Å². The fourth-order valence-corrected chi connectivity index (χ4v) is 3.87. The third kappa shape index (κ3) is 5.53. The van der Waals surface area contributed by atoms with Crippen LogP contribution in [0.1, 0.15) is 33.4 Å². The zero-order chi connectivity index (χ0) is 25.3. The first-order valence-corrected chi connectivity index (χ1v) is 11.4. The minimum atomic E-state index is 0.611. The van der Waals surface area contributed by atoms with Gasteiger partial charge in [0.25, 0.3) is 0 Å². The number of ether oxygens (including phenoxy) is 2. The van der Waals surface area contributed by atoms with E-state index in [2.05, 4.69) is 24.3 Å². The van der Waals surface area contributed by atoms with Gasteiger partial charge < -0.3 is 9.47 Å². The second-order valence-corrected chi connectivity index (χ2v) is 8.00. The van der Waals surface area contributed by atoms with Gasteiger partial charge in [0, 0.05) is 0 Å². The first-order valence-electron chi connectivity index (χ1n) is 11.4. The molecule has 4 aromatic rings. The van der Waals surface area contributed by atoms with Gasteiger partial charge in [0.1, 0.15) is 11.5 Å². The fraction of sp³-hybridized carbons (Fsp3) is 0.0625. The lowest BCUT2D eigenvalue weighted by Gasteiger charge is -2.12. The molecule has 174 valence electrons. The van der Waals surface area contributed by atoms with Crippen LogP contribution in [0.3, 0.4) is 0 Å². The van der Waals surface area contributed by atoms with Gasteiger partial charge in [0.15, 0.2) is 0 Å². The molecular weight excluding hydrogens is 444 g/mol. The molecule has 0 N–H and O–H groups in total. The van der Waals surface area contributed by atoms with Crippen molar-refractivity contribution in [2.45, 2.75) is 0 Å². The fourth-order valence-electron chi connectivity index (χ4n) is 3.87. The van der Waals surface area contributed by atoms with Gasteiger partial charge in [-0.3, -0.25) is 0 Å². The molecule has 0 aliphatic carbocycles. The number of allylic oxidation sites excluding steroid dienone is 2. The Labute approximate surface area is 211 Å². The van der Waals surface area contributed by atoms with Gasteiger partial charge in [0.05, 0.1) is 37.5 Å². The smallest absolute Gasteiger partial charge is 0.118 e. The van der Waals surface area contributed by atoms with Crippen molar-refractivity contribution >= 4 is 11.1 Å². The van der Waals surface area contributed by atoms with E-state index < -0.39 is 0 Å². The first kappa shape index (κ1) is 24.1. The minimum absolute atomic E-state index is 0.611. The van der Waals surface area contributed by atoms with Crippen LogP contribution in [-0.2, 0) is 0 Å². The largest absolute Gasteiger partial charge is 0.497 e. The summed E-state index contributed by atoms with van der Waals surface area (Å²) in [4.78, 5) is 0. The summed E-state index contributed by atoms with van der Waals surface area (Å²) in [6.07, 6.45) is 4.17. The average molecular weight is 469 g/mol. The molecule has 0 aromatic heterocycles. The second kappa shape index (κ2) is 11.4. The van der Waals surface area contributed by atoms with Crippen LogP contribution in [0.4, 0.5) is 0 Å². The Morgan fingerprint density at radius 1 is 0.500 bits per heavy atom. The van der Waals surface area contributed by atoms with Gasteiger partial charge in [-0.15, -0.1) is 0 Å². The summed E-state index contributed by atoms with van der Waals surface area (Å²) in [6, 6.07) is 35.3. The lowest BCUT2D eigenvalue weighted by atomic mass is 9.93. The topological polar surface area (TPSA) is 66.0 Å². The number of benzene rings is 4. The van der Waals surface area contributed by atoms with Crippen molar-refractivity contribution < 1.29 is 9.47 Å². The Kier molecular flexibility index (Phi) is 7.61. The Hall–Kier alpha value is -5.06. The Balaban J connectivity index is 1.87. The highest BCUT2D eigenvalue weighted by molar-refractivity contribution is 5.86. The predicted molar refractivity (Wildman–Crippen MR) is 142 cm³/mol. The maximum absolute atomic E-state index is 9.23. The molecule has 0 spiro atoms. The van der Waals surface area contributed by atoms with E-state index in [0.29, 0.717) is 11.1 Å². The average Bonchev–Trinajstić information content (AvgIpc) is 2.96. The van der Waals surface area contributed by atoms with Gasteiger partial charge in [-0.25, -0.2) is 0 Å². The van der Waals surface area contributed by atoms with E-state index in [9.17, 15) is 10.5 Å². The highest BCUT2D eigenvalue weighted by atomic mass is 16.5. The van der Waals surface area contributed by atoms with E-state index >= 15 is 0 Å². The molecule has 4 heteroatoms. The van der Waals surface area contributed by atoms with Crippen molar-refractivity contribution in [1.82, 2.24) is 0 Å². The molecule has 0 atom stereocenters. The lowest BCUT2D eigenvalue weighted by Crippen LogP contribution is -1.92. The molecule has 0 heterocycles. The number of methoxy groups -OCH3 is 2. The molecule has 0 bridgehead atoms. The zero-order valence-electron chi connectivity index (χ0n) is 20.1. The van der Waals surface area contributed by atoms with Crippen LogP contribution in [0.2, 0.25) is 0 Å². The van der Waals surface area contributed by atoms with E-state index in [1.807, 2.05) is 97.1 Å². The van der Waals surface area contributed by atoms with E-state index in [-0.39, 0.29) is 0 Å². The standard InChI is InChI=1S/C32H24N2O2/c1-35-29-15-11-27(12-16-29)31(25-7-3-23(21-33)4-8-25)19-20-32(26-9-5-24(22-34)6-10-26)28-13-17-30(36-2)18-14-28/h3-20H,1-2H3/b31-19-,32-20-. The summed E-state index contributed by atoms with van der Waals surface area (Å²) in [5.74, 6) is 1.56. The second-order valence-electron chi connectivity index (χ2n) is 8.00. The molecule has 36 heavy (non-hydrogen) atoms. The molecule has 0 radical (unpaired) electrons. The van der Waals surface area contributed by atoms with Crippen LogP contribution in [0.25, 0.3) is 11.1 Å². The number of hydrogen-bond donors (Lipinski definition) is 0. The summed E-state index contributed by atoms with van der Waals surface area (Å²) in [5.41, 5.74) is 7.24. The summed E-state index contributed by atoms with van der Waals surface area (Å²) in [6.45, 7) is 0. The first-order chi connectivity index (χ1) is 17.6.